The Morgan fingerprint density at radius 1 is 1.58 bits per heavy atom. The molecule has 2 aliphatic rings. The molecule has 2 unspecified atom stereocenters. The molecule has 0 aliphatic carbocycles. The van der Waals surface area contributed by atoms with Crippen molar-refractivity contribution in [1.82, 2.24) is 5.43 Å². The highest BCUT2D eigenvalue weighted by Crippen LogP contribution is 2.37. The van der Waals surface area contributed by atoms with Gasteiger partial charge in [0.1, 0.15) is 0 Å². The fourth-order valence-corrected chi connectivity index (χ4v) is 3.41. The van der Waals surface area contributed by atoms with E-state index in [1.165, 1.54) is 12.2 Å². The third kappa shape index (κ3) is 1.62. The molecule has 0 amide bonds. The Hall–Kier alpha value is 0.230. The molecule has 4 heteroatoms. The van der Waals surface area contributed by atoms with Gasteiger partial charge in [-0.15, -0.1) is 0 Å². The molecular formula is C8H16N2OS. The number of nitrogens with one attached hydrogen (secondary N) is 1. The summed E-state index contributed by atoms with van der Waals surface area (Å²) >= 11 is 2.00. The Morgan fingerprint density at radius 2 is 2.50 bits per heavy atom. The SMILES string of the molecule is NNC1CCOC2(CCSC2)C1. The average Bonchev–Trinajstić information content (AvgIpc) is 2.53. The van der Waals surface area contributed by atoms with Crippen molar-refractivity contribution in [3.63, 3.8) is 0 Å². The van der Waals surface area contributed by atoms with Crippen molar-refractivity contribution in [3.05, 3.63) is 0 Å². The highest BCUT2D eigenvalue weighted by molar-refractivity contribution is 7.99. The van der Waals surface area contributed by atoms with Gasteiger partial charge in [0, 0.05) is 18.4 Å². The molecule has 3 N–H and O–H groups in total. The molecule has 0 saturated carbocycles. The quantitative estimate of drug-likeness (QED) is 0.465. The maximum absolute atomic E-state index is 5.84. The second-order valence-electron chi connectivity index (χ2n) is 3.69. The smallest absolute Gasteiger partial charge is 0.0795 e. The van der Waals surface area contributed by atoms with Crippen LogP contribution in [0.5, 0.6) is 0 Å². The number of nitrogens with two attached hydrogens (primary N) is 1. The van der Waals surface area contributed by atoms with E-state index in [2.05, 4.69) is 5.43 Å². The minimum absolute atomic E-state index is 0.167. The zero-order chi connectivity index (χ0) is 8.44. The highest BCUT2D eigenvalue weighted by atomic mass is 32.2. The van der Waals surface area contributed by atoms with Crippen LogP contribution in [0.25, 0.3) is 0 Å². The lowest BCUT2D eigenvalue weighted by Gasteiger charge is -2.37. The third-order valence-corrected chi connectivity index (χ3v) is 4.02. The summed E-state index contributed by atoms with van der Waals surface area (Å²) in [7, 11) is 0. The number of thioether (sulfide) groups is 1. The van der Waals surface area contributed by atoms with Crippen molar-refractivity contribution in [2.45, 2.75) is 30.9 Å². The van der Waals surface area contributed by atoms with E-state index in [4.69, 9.17) is 10.6 Å². The number of rotatable bonds is 1. The van der Waals surface area contributed by atoms with Gasteiger partial charge in [-0.1, -0.05) is 0 Å². The molecule has 1 spiro atoms. The second kappa shape index (κ2) is 3.54. The fourth-order valence-electron chi connectivity index (χ4n) is 2.03. The molecule has 2 aliphatic heterocycles. The van der Waals surface area contributed by atoms with Gasteiger partial charge < -0.3 is 4.74 Å². The van der Waals surface area contributed by atoms with Gasteiger partial charge in [-0.05, 0) is 25.0 Å². The van der Waals surface area contributed by atoms with Crippen molar-refractivity contribution in [2.75, 3.05) is 18.1 Å². The zero-order valence-corrected chi connectivity index (χ0v) is 8.03. The number of hydrogen-bond donors (Lipinski definition) is 2. The lowest BCUT2D eigenvalue weighted by Crippen LogP contribution is -2.49. The van der Waals surface area contributed by atoms with Gasteiger partial charge in [-0.25, -0.2) is 0 Å². The Kier molecular flexibility index (Phi) is 2.60. The summed E-state index contributed by atoms with van der Waals surface area (Å²) in [5.41, 5.74) is 3.03. The highest BCUT2D eigenvalue weighted by Gasteiger charge is 2.39. The molecule has 2 fully saturated rings. The van der Waals surface area contributed by atoms with Gasteiger partial charge >= 0.3 is 0 Å². The van der Waals surface area contributed by atoms with Gasteiger partial charge in [0.15, 0.2) is 0 Å². The standard InChI is InChI=1S/C8H16N2OS/c9-10-7-1-3-11-8(5-7)2-4-12-6-8/h7,10H,1-6,9H2. The molecule has 2 atom stereocenters. The van der Waals surface area contributed by atoms with Crippen LogP contribution >= 0.6 is 11.8 Å². The van der Waals surface area contributed by atoms with Crippen LogP contribution in [0.3, 0.4) is 0 Å². The van der Waals surface area contributed by atoms with Crippen LogP contribution in [-0.4, -0.2) is 29.8 Å². The molecule has 0 bridgehead atoms. The minimum atomic E-state index is 0.167. The largest absolute Gasteiger partial charge is 0.374 e. The van der Waals surface area contributed by atoms with Crippen molar-refractivity contribution in [3.8, 4) is 0 Å². The predicted molar refractivity (Wildman–Crippen MR) is 51.0 cm³/mol. The lowest BCUT2D eigenvalue weighted by atomic mass is 9.90. The van der Waals surface area contributed by atoms with Gasteiger partial charge in [-0.2, -0.15) is 11.8 Å². The predicted octanol–water partition coefficient (Wildman–Crippen LogP) is 0.504. The summed E-state index contributed by atoms with van der Waals surface area (Å²) in [6.07, 6.45) is 3.36. The third-order valence-electron chi connectivity index (χ3n) is 2.80. The number of hydrogen-bond acceptors (Lipinski definition) is 4. The summed E-state index contributed by atoms with van der Waals surface area (Å²) in [5, 5.41) is 0. The molecule has 0 aromatic rings. The summed E-state index contributed by atoms with van der Waals surface area (Å²) in [6, 6.07) is 0.470. The van der Waals surface area contributed by atoms with Crippen molar-refractivity contribution in [2.24, 2.45) is 5.84 Å². The lowest BCUT2D eigenvalue weighted by molar-refractivity contribution is -0.0700. The van der Waals surface area contributed by atoms with E-state index >= 15 is 0 Å². The zero-order valence-electron chi connectivity index (χ0n) is 7.21. The first-order chi connectivity index (χ1) is 5.85. The van der Waals surface area contributed by atoms with E-state index in [0.717, 1.165) is 25.2 Å². The Labute approximate surface area is 77.4 Å². The molecular weight excluding hydrogens is 172 g/mol. The van der Waals surface area contributed by atoms with Crippen LogP contribution in [-0.2, 0) is 4.74 Å². The van der Waals surface area contributed by atoms with Gasteiger partial charge in [0.05, 0.1) is 5.60 Å². The molecule has 2 saturated heterocycles. The monoisotopic (exact) mass is 188 g/mol. The van der Waals surface area contributed by atoms with Crippen LogP contribution in [0.15, 0.2) is 0 Å². The van der Waals surface area contributed by atoms with Crippen LogP contribution < -0.4 is 11.3 Å². The Morgan fingerprint density at radius 3 is 3.17 bits per heavy atom. The first kappa shape index (κ1) is 8.81. The topological polar surface area (TPSA) is 47.3 Å². The summed E-state index contributed by atoms with van der Waals surface area (Å²) in [6.45, 7) is 0.870. The maximum atomic E-state index is 5.84. The fraction of sp³-hybridized carbons (Fsp3) is 1.00. The van der Waals surface area contributed by atoms with Gasteiger partial charge in [0.2, 0.25) is 0 Å². The molecule has 0 aromatic carbocycles. The number of ether oxygens (including phenoxy) is 1. The summed E-state index contributed by atoms with van der Waals surface area (Å²) in [5.74, 6) is 7.85. The Bertz CT molecular complexity index is 159. The van der Waals surface area contributed by atoms with E-state index in [-0.39, 0.29) is 5.60 Å². The maximum Gasteiger partial charge on any atom is 0.0795 e. The first-order valence-electron chi connectivity index (χ1n) is 4.52. The number of hydrazine groups is 1. The molecule has 2 heterocycles. The molecule has 0 aromatic heterocycles. The van der Waals surface area contributed by atoms with Gasteiger partial charge in [-0.3, -0.25) is 11.3 Å². The molecule has 70 valence electrons. The second-order valence-corrected chi connectivity index (χ2v) is 4.80. The van der Waals surface area contributed by atoms with E-state index in [1.54, 1.807) is 0 Å². The van der Waals surface area contributed by atoms with Crippen molar-refractivity contribution in [1.29, 1.82) is 0 Å². The van der Waals surface area contributed by atoms with E-state index in [0.29, 0.717) is 6.04 Å². The Balaban J connectivity index is 1.97. The molecule has 0 radical (unpaired) electrons. The minimum Gasteiger partial charge on any atom is -0.374 e. The van der Waals surface area contributed by atoms with Crippen LogP contribution in [0, 0.1) is 0 Å². The van der Waals surface area contributed by atoms with E-state index < -0.39 is 0 Å². The molecule has 12 heavy (non-hydrogen) atoms. The van der Waals surface area contributed by atoms with Crippen molar-refractivity contribution < 1.29 is 4.74 Å². The molecule has 2 rings (SSSR count). The van der Waals surface area contributed by atoms with Gasteiger partial charge in [0.25, 0.3) is 0 Å². The van der Waals surface area contributed by atoms with Crippen molar-refractivity contribution >= 4 is 11.8 Å². The molecule has 3 nitrogen and oxygen atoms in total. The first-order valence-corrected chi connectivity index (χ1v) is 5.68. The van der Waals surface area contributed by atoms with Crippen LogP contribution in [0.4, 0.5) is 0 Å². The summed E-state index contributed by atoms with van der Waals surface area (Å²) < 4.78 is 5.84. The summed E-state index contributed by atoms with van der Waals surface area (Å²) in [4.78, 5) is 0. The van der Waals surface area contributed by atoms with Crippen LogP contribution in [0.2, 0.25) is 0 Å². The van der Waals surface area contributed by atoms with Crippen LogP contribution in [0.1, 0.15) is 19.3 Å². The average molecular weight is 188 g/mol. The van der Waals surface area contributed by atoms with E-state index in [1.807, 2.05) is 11.8 Å². The van der Waals surface area contributed by atoms with E-state index in [9.17, 15) is 0 Å². The normalized spacial score (nSPS) is 42.2.